The Bertz CT molecular complexity index is 842. The van der Waals surface area contributed by atoms with E-state index in [1.165, 1.54) is 19.3 Å². The third-order valence-corrected chi connectivity index (χ3v) is 4.59. The second-order valence-electron chi connectivity index (χ2n) is 5.02. The van der Waals surface area contributed by atoms with Crippen molar-refractivity contribution in [2.75, 3.05) is 29.4 Å². The monoisotopic (exact) mass is 340 g/mol. The maximum absolute atomic E-state index is 12.1. The summed E-state index contributed by atoms with van der Waals surface area (Å²) in [4.78, 5) is 2.95. The molecule has 0 atom stereocenters. The molecule has 0 saturated heterocycles. The van der Waals surface area contributed by atoms with Gasteiger partial charge < -0.3 is 20.2 Å². The molecule has 0 aliphatic carbocycles. The van der Waals surface area contributed by atoms with Crippen molar-refractivity contribution in [2.45, 2.75) is 6.92 Å². The second kappa shape index (κ2) is 6.11. The fourth-order valence-corrected chi connectivity index (χ4v) is 3.36. The number of anilines is 2. The molecule has 0 aliphatic heterocycles. The van der Waals surface area contributed by atoms with Gasteiger partial charge in [0, 0.05) is 17.6 Å². The standard InChI is InChI=1S/C14H18N3O5S/c1-5-6-16(23(4,20)21)10-7-11(22-3)13-12(9(2)8-15-13)14(10)17(18)19/h5,7-8,15,18H,1,6H2,2-4H3/q-1. The number of benzene rings is 1. The molecule has 0 amide bonds. The number of nitrogens with zero attached hydrogens (tertiary/aromatic N) is 2. The molecule has 0 radical (unpaired) electrons. The van der Waals surface area contributed by atoms with Crippen LogP contribution >= 0.6 is 0 Å². The number of aryl methyl sites for hydroxylation is 1. The minimum atomic E-state index is -3.71. The highest BCUT2D eigenvalue weighted by molar-refractivity contribution is 7.92. The molecule has 0 aliphatic rings. The Morgan fingerprint density at radius 1 is 1.52 bits per heavy atom. The highest BCUT2D eigenvalue weighted by Gasteiger charge is 2.25. The summed E-state index contributed by atoms with van der Waals surface area (Å²) in [6.45, 7) is 5.20. The van der Waals surface area contributed by atoms with Crippen LogP contribution in [-0.2, 0) is 10.0 Å². The average molecular weight is 340 g/mol. The molecule has 2 N–H and O–H groups in total. The fraction of sp³-hybridized carbons (Fsp3) is 0.286. The van der Waals surface area contributed by atoms with Crippen LogP contribution in [0.25, 0.3) is 10.9 Å². The summed E-state index contributed by atoms with van der Waals surface area (Å²) in [5.41, 5.74) is 0.992. The van der Waals surface area contributed by atoms with Gasteiger partial charge in [-0.15, -0.1) is 6.58 Å². The maximum Gasteiger partial charge on any atom is 0.232 e. The third kappa shape index (κ3) is 2.98. The number of methoxy groups -OCH3 is 1. The second-order valence-corrected chi connectivity index (χ2v) is 6.93. The SMILES string of the molecule is C=CCN(c1cc(OC)c2[nH]cc(C)c2c1N([O-])O)S(C)(=O)=O. The molecule has 0 unspecified atom stereocenters. The summed E-state index contributed by atoms with van der Waals surface area (Å²) < 4.78 is 30.4. The molecule has 2 aromatic rings. The highest BCUT2D eigenvalue weighted by atomic mass is 32.2. The van der Waals surface area contributed by atoms with E-state index in [9.17, 15) is 18.8 Å². The Hall–Kier alpha value is -2.23. The molecule has 0 spiro atoms. The van der Waals surface area contributed by atoms with Crippen LogP contribution in [-0.4, -0.2) is 38.5 Å². The Morgan fingerprint density at radius 3 is 2.65 bits per heavy atom. The number of hydrogen-bond acceptors (Lipinski definition) is 6. The van der Waals surface area contributed by atoms with Crippen molar-refractivity contribution in [2.24, 2.45) is 0 Å². The molecule has 1 aromatic carbocycles. The van der Waals surface area contributed by atoms with Crippen molar-refractivity contribution in [3.8, 4) is 5.75 Å². The molecule has 23 heavy (non-hydrogen) atoms. The minimum Gasteiger partial charge on any atom is -0.733 e. The van der Waals surface area contributed by atoms with E-state index in [1.807, 2.05) is 0 Å². The van der Waals surface area contributed by atoms with Crippen LogP contribution in [0.2, 0.25) is 0 Å². The summed E-state index contributed by atoms with van der Waals surface area (Å²) >= 11 is 0. The number of hydrogen-bond donors (Lipinski definition) is 2. The van der Waals surface area contributed by atoms with Crippen LogP contribution in [0.15, 0.2) is 24.9 Å². The number of rotatable bonds is 6. The average Bonchev–Trinajstić information content (AvgIpc) is 2.84. The van der Waals surface area contributed by atoms with E-state index in [-0.39, 0.29) is 23.1 Å². The van der Waals surface area contributed by atoms with Crippen LogP contribution in [0.3, 0.4) is 0 Å². The molecular formula is C14H18N3O5S-. The number of sulfonamides is 1. The van der Waals surface area contributed by atoms with Crippen molar-refractivity contribution < 1.29 is 18.4 Å². The van der Waals surface area contributed by atoms with Gasteiger partial charge in [0.2, 0.25) is 10.0 Å². The van der Waals surface area contributed by atoms with Gasteiger partial charge in [0.15, 0.2) is 0 Å². The van der Waals surface area contributed by atoms with Crippen molar-refractivity contribution in [3.05, 3.63) is 35.7 Å². The molecule has 9 heteroatoms. The van der Waals surface area contributed by atoms with Gasteiger partial charge in [-0.05, 0) is 12.5 Å². The molecule has 0 fully saturated rings. The van der Waals surface area contributed by atoms with Crippen molar-refractivity contribution in [1.29, 1.82) is 0 Å². The molecule has 2 rings (SSSR count). The van der Waals surface area contributed by atoms with Gasteiger partial charge in [0.25, 0.3) is 0 Å². The lowest BCUT2D eigenvalue weighted by atomic mass is 10.1. The highest BCUT2D eigenvalue weighted by Crippen LogP contribution is 2.43. The Kier molecular flexibility index (Phi) is 4.55. The topological polar surface area (TPSA) is 109 Å². The lowest BCUT2D eigenvalue weighted by molar-refractivity contribution is 0.298. The number of H-pyrrole nitrogens is 1. The van der Waals surface area contributed by atoms with Crippen LogP contribution in [0.1, 0.15) is 5.56 Å². The molecule has 126 valence electrons. The van der Waals surface area contributed by atoms with Gasteiger partial charge in [-0.3, -0.25) is 9.51 Å². The van der Waals surface area contributed by atoms with Crippen LogP contribution in [0, 0.1) is 12.1 Å². The van der Waals surface area contributed by atoms with E-state index in [4.69, 9.17) is 4.74 Å². The predicted octanol–water partition coefficient (Wildman–Crippen LogP) is 2.13. The van der Waals surface area contributed by atoms with Gasteiger partial charge in [0.05, 0.1) is 36.8 Å². The normalized spacial score (nSPS) is 11.5. The van der Waals surface area contributed by atoms with Crippen molar-refractivity contribution >= 4 is 32.3 Å². The first-order chi connectivity index (χ1) is 10.7. The van der Waals surface area contributed by atoms with Crippen LogP contribution in [0.5, 0.6) is 5.75 Å². The smallest absolute Gasteiger partial charge is 0.232 e. The van der Waals surface area contributed by atoms with E-state index >= 15 is 0 Å². The lowest BCUT2D eigenvalue weighted by Crippen LogP contribution is -2.31. The zero-order valence-corrected chi connectivity index (χ0v) is 13.8. The number of aromatic amines is 1. The fourth-order valence-electron chi connectivity index (χ4n) is 2.49. The van der Waals surface area contributed by atoms with E-state index in [0.29, 0.717) is 22.2 Å². The summed E-state index contributed by atoms with van der Waals surface area (Å²) in [5.74, 6) is 0.353. The molecule has 1 heterocycles. The molecule has 0 saturated carbocycles. The van der Waals surface area contributed by atoms with Crippen molar-refractivity contribution in [1.82, 2.24) is 4.98 Å². The largest absolute Gasteiger partial charge is 0.733 e. The molecule has 0 bridgehead atoms. The van der Waals surface area contributed by atoms with E-state index < -0.39 is 10.0 Å². The zero-order chi connectivity index (χ0) is 17.4. The molecular weight excluding hydrogens is 322 g/mol. The number of nitrogens with one attached hydrogen (secondary N) is 1. The van der Waals surface area contributed by atoms with Gasteiger partial charge in [-0.2, -0.15) is 0 Å². The Labute approximate surface area is 134 Å². The Balaban J connectivity index is 2.93. The van der Waals surface area contributed by atoms with Gasteiger partial charge in [0.1, 0.15) is 5.75 Å². The molecule has 8 nitrogen and oxygen atoms in total. The first-order valence-corrected chi connectivity index (χ1v) is 8.50. The number of aromatic nitrogens is 1. The summed E-state index contributed by atoms with van der Waals surface area (Å²) in [7, 11) is -2.27. The summed E-state index contributed by atoms with van der Waals surface area (Å²) in [6.07, 6.45) is 4.04. The van der Waals surface area contributed by atoms with E-state index in [0.717, 1.165) is 10.6 Å². The van der Waals surface area contributed by atoms with Crippen LogP contribution < -0.4 is 14.3 Å². The number of ether oxygens (including phenoxy) is 1. The quantitative estimate of drug-likeness (QED) is 0.616. The lowest BCUT2D eigenvalue weighted by Gasteiger charge is -2.31. The van der Waals surface area contributed by atoms with E-state index in [1.54, 1.807) is 13.1 Å². The predicted molar refractivity (Wildman–Crippen MR) is 89.6 cm³/mol. The first-order valence-electron chi connectivity index (χ1n) is 6.65. The van der Waals surface area contributed by atoms with Gasteiger partial charge in [-0.25, -0.2) is 8.42 Å². The maximum atomic E-state index is 12.1. The number of fused-ring (bicyclic) bond motifs is 1. The minimum absolute atomic E-state index is 0.0111. The van der Waals surface area contributed by atoms with E-state index in [2.05, 4.69) is 11.6 Å². The summed E-state index contributed by atoms with van der Waals surface area (Å²) in [6, 6.07) is 1.39. The van der Waals surface area contributed by atoms with Crippen molar-refractivity contribution in [3.63, 3.8) is 0 Å². The van der Waals surface area contributed by atoms with Crippen LogP contribution in [0.4, 0.5) is 11.4 Å². The zero-order valence-electron chi connectivity index (χ0n) is 13.0. The Morgan fingerprint density at radius 2 is 2.17 bits per heavy atom. The third-order valence-electron chi connectivity index (χ3n) is 3.45. The summed E-state index contributed by atoms with van der Waals surface area (Å²) in [5, 5.41) is 21.4. The van der Waals surface area contributed by atoms with Gasteiger partial charge >= 0.3 is 0 Å². The van der Waals surface area contributed by atoms with Gasteiger partial charge in [-0.1, -0.05) is 6.08 Å². The first kappa shape index (κ1) is 17.1. The molecule has 1 aromatic heterocycles.